The lowest BCUT2D eigenvalue weighted by molar-refractivity contribution is -0.157. The molecule has 41 heavy (non-hydrogen) atoms. The van der Waals surface area contributed by atoms with Crippen molar-refractivity contribution in [2.75, 3.05) is 19.7 Å². The number of ether oxygens (including phenoxy) is 3. The number of carbonyl (C=O) groups is 5. The molecule has 12 heteroatoms. The number of carbonyl (C=O) groups excluding carboxylic acids is 4. The third-order valence-corrected chi connectivity index (χ3v) is 5.18. The standard InChI is InChI=1S/C29H43N3O9/c1-8-17-39-26(37)30-16-12-15-21(25(35)36)31-24(34)22(18-20-13-10-9-11-14-20)32(27(38)41-29(5,6)7)19-23(33)40-28(2,3)4/h8-11,13-14,21-22H,1,12,15-19H2,2-7H3,(H,30,37)(H,31,34)(H,35,36)/t21-,22-/m0/s1. The highest BCUT2D eigenvalue weighted by molar-refractivity contribution is 5.91. The van der Waals surface area contributed by atoms with Gasteiger partial charge < -0.3 is 30.0 Å². The molecular formula is C29H43N3O9. The van der Waals surface area contributed by atoms with Gasteiger partial charge in [0.25, 0.3) is 0 Å². The number of benzene rings is 1. The van der Waals surface area contributed by atoms with Crippen LogP contribution in [0.15, 0.2) is 43.0 Å². The second-order valence-corrected chi connectivity index (χ2v) is 11.3. The number of carboxylic acids is 1. The maximum Gasteiger partial charge on any atom is 0.411 e. The first-order chi connectivity index (χ1) is 19.0. The number of nitrogens with one attached hydrogen (secondary N) is 2. The van der Waals surface area contributed by atoms with Crippen molar-refractivity contribution in [2.24, 2.45) is 0 Å². The normalized spacial score (nSPS) is 12.7. The zero-order valence-corrected chi connectivity index (χ0v) is 24.7. The van der Waals surface area contributed by atoms with Gasteiger partial charge in [0.15, 0.2) is 0 Å². The summed E-state index contributed by atoms with van der Waals surface area (Å²) in [6, 6.07) is 6.13. The van der Waals surface area contributed by atoms with Crippen molar-refractivity contribution in [1.82, 2.24) is 15.5 Å². The van der Waals surface area contributed by atoms with Gasteiger partial charge in [-0.05, 0) is 59.9 Å². The van der Waals surface area contributed by atoms with E-state index in [0.29, 0.717) is 5.56 Å². The van der Waals surface area contributed by atoms with Crippen molar-refractivity contribution in [2.45, 2.75) is 84.1 Å². The fourth-order valence-electron chi connectivity index (χ4n) is 3.52. The van der Waals surface area contributed by atoms with Gasteiger partial charge in [0.05, 0.1) is 0 Å². The van der Waals surface area contributed by atoms with Crippen molar-refractivity contribution in [3.05, 3.63) is 48.6 Å². The van der Waals surface area contributed by atoms with Crippen LogP contribution >= 0.6 is 0 Å². The largest absolute Gasteiger partial charge is 0.480 e. The van der Waals surface area contributed by atoms with Crippen LogP contribution in [0.4, 0.5) is 9.59 Å². The van der Waals surface area contributed by atoms with E-state index in [1.54, 1.807) is 71.9 Å². The monoisotopic (exact) mass is 577 g/mol. The highest BCUT2D eigenvalue weighted by Crippen LogP contribution is 2.17. The molecule has 0 radical (unpaired) electrons. The van der Waals surface area contributed by atoms with E-state index < -0.39 is 59.9 Å². The van der Waals surface area contributed by atoms with Crippen LogP contribution in [0.3, 0.4) is 0 Å². The number of carboxylic acid groups (broad SMARTS) is 1. The molecule has 1 aromatic rings. The van der Waals surface area contributed by atoms with Crippen molar-refractivity contribution >= 4 is 30.0 Å². The Balaban J connectivity index is 3.23. The zero-order valence-electron chi connectivity index (χ0n) is 24.7. The summed E-state index contributed by atoms with van der Waals surface area (Å²) in [5, 5.41) is 14.7. The smallest absolute Gasteiger partial charge is 0.411 e. The molecule has 0 aliphatic rings. The molecule has 1 aromatic carbocycles. The van der Waals surface area contributed by atoms with Crippen molar-refractivity contribution in [1.29, 1.82) is 0 Å². The second kappa shape index (κ2) is 16.2. The van der Waals surface area contributed by atoms with E-state index in [1.165, 1.54) is 6.08 Å². The van der Waals surface area contributed by atoms with Crippen LogP contribution < -0.4 is 10.6 Å². The number of esters is 1. The SMILES string of the molecule is C=CCOC(=O)NCCC[C@H](NC(=O)[C@H](Cc1ccccc1)N(CC(=O)OC(C)(C)C)C(=O)OC(C)(C)C)C(=O)O. The third-order valence-electron chi connectivity index (χ3n) is 5.18. The number of hydrogen-bond acceptors (Lipinski definition) is 8. The van der Waals surface area contributed by atoms with Gasteiger partial charge in [0.2, 0.25) is 5.91 Å². The van der Waals surface area contributed by atoms with Gasteiger partial charge in [0.1, 0.15) is 36.4 Å². The minimum Gasteiger partial charge on any atom is -0.480 e. The molecular weight excluding hydrogens is 534 g/mol. The van der Waals surface area contributed by atoms with E-state index >= 15 is 0 Å². The summed E-state index contributed by atoms with van der Waals surface area (Å²) in [6.07, 6.45) is -0.0631. The number of nitrogens with zero attached hydrogens (tertiary/aromatic N) is 1. The summed E-state index contributed by atoms with van der Waals surface area (Å²) < 4.78 is 15.7. The number of hydrogen-bond donors (Lipinski definition) is 3. The van der Waals surface area contributed by atoms with Crippen LogP contribution in [0, 0.1) is 0 Å². The Bertz CT molecular complexity index is 1050. The predicted molar refractivity (Wildman–Crippen MR) is 151 cm³/mol. The highest BCUT2D eigenvalue weighted by Gasteiger charge is 2.37. The first kappa shape index (κ1) is 34.9. The van der Waals surface area contributed by atoms with E-state index in [1.807, 2.05) is 0 Å². The summed E-state index contributed by atoms with van der Waals surface area (Å²) in [7, 11) is 0. The number of rotatable bonds is 14. The predicted octanol–water partition coefficient (Wildman–Crippen LogP) is 3.44. The summed E-state index contributed by atoms with van der Waals surface area (Å²) >= 11 is 0. The molecule has 0 saturated heterocycles. The second-order valence-electron chi connectivity index (χ2n) is 11.3. The summed E-state index contributed by atoms with van der Waals surface area (Å²) in [5.74, 6) is -2.87. The quantitative estimate of drug-likeness (QED) is 0.130. The van der Waals surface area contributed by atoms with Crippen LogP contribution in [0.5, 0.6) is 0 Å². The van der Waals surface area contributed by atoms with Crippen molar-refractivity contribution in [3.8, 4) is 0 Å². The molecule has 0 spiro atoms. The van der Waals surface area contributed by atoms with Crippen LogP contribution in [-0.4, -0.2) is 83.0 Å². The molecule has 0 unspecified atom stereocenters. The van der Waals surface area contributed by atoms with Crippen molar-refractivity contribution < 1.29 is 43.3 Å². The summed E-state index contributed by atoms with van der Waals surface area (Å²) in [6.45, 7) is 12.9. The van der Waals surface area contributed by atoms with Gasteiger partial charge in [-0.3, -0.25) is 14.5 Å². The maximum absolute atomic E-state index is 13.6. The van der Waals surface area contributed by atoms with Gasteiger partial charge >= 0.3 is 24.1 Å². The average Bonchev–Trinajstić information content (AvgIpc) is 2.84. The van der Waals surface area contributed by atoms with E-state index in [9.17, 15) is 29.1 Å². The molecule has 12 nitrogen and oxygen atoms in total. The first-order valence-corrected chi connectivity index (χ1v) is 13.3. The third kappa shape index (κ3) is 14.8. The van der Waals surface area contributed by atoms with Gasteiger partial charge in [-0.15, -0.1) is 0 Å². The molecule has 0 fully saturated rings. The Morgan fingerprint density at radius 1 is 1.00 bits per heavy atom. The fourth-order valence-corrected chi connectivity index (χ4v) is 3.52. The highest BCUT2D eigenvalue weighted by atomic mass is 16.6. The molecule has 0 heterocycles. The van der Waals surface area contributed by atoms with Crippen molar-refractivity contribution in [3.63, 3.8) is 0 Å². The molecule has 0 bridgehead atoms. The molecule has 0 saturated carbocycles. The number of amides is 3. The molecule has 1 rings (SSSR count). The lowest BCUT2D eigenvalue weighted by Crippen LogP contribution is -2.56. The molecule has 228 valence electrons. The van der Waals surface area contributed by atoms with Crippen LogP contribution in [0.1, 0.15) is 59.9 Å². The van der Waals surface area contributed by atoms with Gasteiger partial charge in [-0.25, -0.2) is 14.4 Å². The van der Waals surface area contributed by atoms with E-state index in [4.69, 9.17) is 14.2 Å². The molecule has 3 amide bonds. The molecule has 0 aliphatic heterocycles. The Morgan fingerprint density at radius 3 is 2.15 bits per heavy atom. The molecule has 2 atom stereocenters. The Morgan fingerprint density at radius 2 is 1.61 bits per heavy atom. The van der Waals surface area contributed by atoms with Gasteiger partial charge in [0, 0.05) is 13.0 Å². The number of aliphatic carboxylic acids is 1. The molecule has 0 aliphatic carbocycles. The van der Waals surface area contributed by atoms with E-state index in [-0.39, 0.29) is 32.4 Å². The Kier molecular flexibility index (Phi) is 13.8. The summed E-state index contributed by atoms with van der Waals surface area (Å²) in [4.78, 5) is 64.3. The minimum atomic E-state index is -1.34. The molecule has 3 N–H and O–H groups in total. The zero-order chi connectivity index (χ0) is 31.2. The van der Waals surface area contributed by atoms with Gasteiger partial charge in [-0.1, -0.05) is 43.0 Å². The fraction of sp³-hybridized carbons (Fsp3) is 0.552. The maximum atomic E-state index is 13.6. The topological polar surface area (TPSA) is 161 Å². The Hall–Kier alpha value is -4.09. The van der Waals surface area contributed by atoms with E-state index in [0.717, 1.165) is 4.90 Å². The van der Waals surface area contributed by atoms with Crippen LogP contribution in [-0.2, 0) is 35.0 Å². The van der Waals surface area contributed by atoms with Crippen LogP contribution in [0.2, 0.25) is 0 Å². The lowest BCUT2D eigenvalue weighted by Gasteiger charge is -2.33. The van der Waals surface area contributed by atoms with E-state index in [2.05, 4.69) is 17.2 Å². The van der Waals surface area contributed by atoms with Crippen LogP contribution in [0.25, 0.3) is 0 Å². The Labute approximate surface area is 241 Å². The summed E-state index contributed by atoms with van der Waals surface area (Å²) in [5.41, 5.74) is -1.13. The number of alkyl carbamates (subject to hydrolysis) is 1. The van der Waals surface area contributed by atoms with Gasteiger partial charge in [-0.2, -0.15) is 0 Å². The average molecular weight is 578 g/mol. The first-order valence-electron chi connectivity index (χ1n) is 13.3. The minimum absolute atomic E-state index is 0.0277. The lowest BCUT2D eigenvalue weighted by atomic mass is 10.0. The molecule has 0 aromatic heterocycles.